The van der Waals surface area contributed by atoms with Crippen molar-refractivity contribution in [2.24, 2.45) is 0 Å². The smallest absolute Gasteiger partial charge is 0.509 e. The van der Waals surface area contributed by atoms with Crippen LogP contribution in [0.3, 0.4) is 0 Å². The monoisotopic (exact) mass is 425 g/mol. The first-order valence-corrected chi connectivity index (χ1v) is 8.86. The van der Waals surface area contributed by atoms with Crippen molar-refractivity contribution in [3.8, 4) is 5.75 Å². The topological polar surface area (TPSA) is 67.8 Å². The third-order valence-electron chi connectivity index (χ3n) is 4.89. The number of hydrogen-bond acceptors (Lipinski definition) is 4. The third-order valence-corrected chi connectivity index (χ3v) is 5.48. The van der Waals surface area contributed by atoms with Gasteiger partial charge in [-0.3, -0.25) is 4.79 Å². The molecule has 1 spiro atoms. The molecule has 1 aromatic carbocycles. The second kappa shape index (κ2) is 7.07. The molecule has 0 atom stereocenters. The maximum absolute atomic E-state index is 12.5. The van der Waals surface area contributed by atoms with Crippen LogP contribution in [0.4, 0.5) is 13.2 Å². The Labute approximate surface area is 163 Å². The average Bonchev–Trinajstić information content (AvgIpc) is 2.78. The number of halogens is 5. The standard InChI is InChI=1S/C17H16Cl2F3NO4/c1-26-8-2-4-16(5-3-8)14(24)13(15(25)23-16)12-10(18)6-9(7-11(12)19)27-17(20,21)22/h6-8,24H,2-5H2,1H3,(H,23,25). The van der Waals surface area contributed by atoms with Crippen LogP contribution in [0.25, 0.3) is 5.57 Å². The van der Waals surface area contributed by atoms with Gasteiger partial charge in [0.25, 0.3) is 5.91 Å². The number of nitrogens with one attached hydrogen (secondary N) is 1. The first-order chi connectivity index (χ1) is 12.6. The molecule has 10 heteroatoms. The maximum Gasteiger partial charge on any atom is 0.573 e. The van der Waals surface area contributed by atoms with Crippen molar-refractivity contribution in [1.82, 2.24) is 5.32 Å². The number of alkyl halides is 3. The average molecular weight is 426 g/mol. The fourth-order valence-corrected chi connectivity index (χ4v) is 4.24. The lowest BCUT2D eigenvalue weighted by atomic mass is 9.79. The summed E-state index contributed by atoms with van der Waals surface area (Å²) in [5.41, 5.74) is -1.12. The fraction of sp³-hybridized carbons (Fsp3) is 0.471. The van der Waals surface area contributed by atoms with E-state index < -0.39 is 23.6 Å². The summed E-state index contributed by atoms with van der Waals surface area (Å²) < 4.78 is 46.3. The molecule has 1 amide bonds. The molecule has 27 heavy (non-hydrogen) atoms. The Balaban J connectivity index is 1.99. The van der Waals surface area contributed by atoms with Gasteiger partial charge < -0.3 is 19.9 Å². The van der Waals surface area contributed by atoms with E-state index in [0.29, 0.717) is 25.7 Å². The number of aliphatic hydroxyl groups excluding tert-OH is 1. The highest BCUT2D eigenvalue weighted by molar-refractivity contribution is 6.41. The van der Waals surface area contributed by atoms with Crippen LogP contribution in [0.15, 0.2) is 17.9 Å². The number of carbonyl (C=O) groups is 1. The first-order valence-electron chi connectivity index (χ1n) is 8.10. The van der Waals surface area contributed by atoms with Gasteiger partial charge >= 0.3 is 6.36 Å². The van der Waals surface area contributed by atoms with Gasteiger partial charge in [-0.15, -0.1) is 13.2 Å². The Morgan fingerprint density at radius 3 is 2.26 bits per heavy atom. The van der Waals surface area contributed by atoms with Crippen LogP contribution in [0.1, 0.15) is 31.2 Å². The largest absolute Gasteiger partial charge is 0.573 e. The molecule has 1 aromatic rings. The molecular formula is C17H16Cl2F3NO4. The van der Waals surface area contributed by atoms with Crippen LogP contribution in [0, 0.1) is 0 Å². The quantitative estimate of drug-likeness (QED) is 0.741. The predicted octanol–water partition coefficient (Wildman–Crippen LogP) is 4.62. The highest BCUT2D eigenvalue weighted by atomic mass is 35.5. The normalized spacial score (nSPS) is 25.9. The molecule has 1 aliphatic carbocycles. The lowest BCUT2D eigenvalue weighted by molar-refractivity contribution is -0.274. The van der Waals surface area contributed by atoms with E-state index in [1.54, 1.807) is 7.11 Å². The van der Waals surface area contributed by atoms with Gasteiger partial charge in [-0.25, -0.2) is 0 Å². The van der Waals surface area contributed by atoms with Gasteiger partial charge in [0, 0.05) is 12.7 Å². The van der Waals surface area contributed by atoms with Crippen molar-refractivity contribution in [1.29, 1.82) is 0 Å². The Bertz CT molecular complexity index is 779. The van der Waals surface area contributed by atoms with Crippen molar-refractivity contribution >= 4 is 34.7 Å². The number of carbonyl (C=O) groups excluding carboxylic acids is 1. The van der Waals surface area contributed by atoms with E-state index in [9.17, 15) is 23.1 Å². The summed E-state index contributed by atoms with van der Waals surface area (Å²) in [5, 5.41) is 13.1. The van der Waals surface area contributed by atoms with E-state index in [1.807, 2.05) is 0 Å². The van der Waals surface area contributed by atoms with Gasteiger partial charge in [-0.1, -0.05) is 23.2 Å². The zero-order chi connectivity index (χ0) is 20.0. The zero-order valence-electron chi connectivity index (χ0n) is 14.1. The Kier molecular flexibility index (Phi) is 5.26. The summed E-state index contributed by atoms with van der Waals surface area (Å²) in [6, 6.07) is 1.80. The molecule has 0 saturated heterocycles. The Hall–Kier alpha value is -1.64. The van der Waals surface area contributed by atoms with Crippen molar-refractivity contribution in [3.63, 3.8) is 0 Å². The minimum absolute atomic E-state index is 0.0337. The van der Waals surface area contributed by atoms with E-state index in [-0.39, 0.29) is 33.0 Å². The van der Waals surface area contributed by atoms with E-state index in [1.165, 1.54) is 0 Å². The molecule has 2 aliphatic rings. The minimum Gasteiger partial charge on any atom is -0.509 e. The van der Waals surface area contributed by atoms with E-state index in [4.69, 9.17) is 27.9 Å². The Morgan fingerprint density at radius 1 is 1.22 bits per heavy atom. The van der Waals surface area contributed by atoms with Gasteiger partial charge in [0.1, 0.15) is 11.5 Å². The number of rotatable bonds is 3. The van der Waals surface area contributed by atoms with Gasteiger partial charge in [-0.2, -0.15) is 0 Å². The number of ether oxygens (including phenoxy) is 2. The first kappa shape index (κ1) is 20.1. The lowest BCUT2D eigenvalue weighted by Gasteiger charge is -2.36. The van der Waals surface area contributed by atoms with Crippen molar-refractivity contribution in [2.75, 3.05) is 7.11 Å². The predicted molar refractivity (Wildman–Crippen MR) is 92.8 cm³/mol. The molecule has 3 rings (SSSR count). The molecular weight excluding hydrogens is 410 g/mol. The van der Waals surface area contributed by atoms with Crippen LogP contribution in [-0.4, -0.2) is 36.1 Å². The van der Waals surface area contributed by atoms with Crippen molar-refractivity contribution < 1.29 is 32.5 Å². The summed E-state index contributed by atoms with van der Waals surface area (Å²) in [7, 11) is 1.60. The number of hydrogen-bond donors (Lipinski definition) is 2. The zero-order valence-corrected chi connectivity index (χ0v) is 15.6. The molecule has 1 saturated carbocycles. The van der Waals surface area contributed by atoms with Crippen LogP contribution in [0.2, 0.25) is 10.0 Å². The molecule has 1 aliphatic heterocycles. The van der Waals surface area contributed by atoms with Crippen LogP contribution in [-0.2, 0) is 9.53 Å². The van der Waals surface area contributed by atoms with Gasteiger partial charge in [0.2, 0.25) is 0 Å². The number of aliphatic hydroxyl groups is 1. The molecule has 5 nitrogen and oxygen atoms in total. The molecule has 0 aromatic heterocycles. The van der Waals surface area contributed by atoms with E-state index >= 15 is 0 Å². The second-order valence-corrected chi connectivity index (χ2v) is 7.32. The van der Waals surface area contributed by atoms with Crippen molar-refractivity contribution in [2.45, 2.75) is 43.7 Å². The summed E-state index contributed by atoms with van der Waals surface area (Å²) in [4.78, 5) is 12.5. The van der Waals surface area contributed by atoms with Gasteiger partial charge in [0.15, 0.2) is 0 Å². The van der Waals surface area contributed by atoms with Crippen LogP contribution in [0.5, 0.6) is 5.75 Å². The summed E-state index contributed by atoms with van der Waals surface area (Å²) in [6.07, 6.45) is -2.70. The second-order valence-electron chi connectivity index (χ2n) is 6.50. The number of amides is 1. The number of benzene rings is 1. The fourth-order valence-electron chi connectivity index (χ4n) is 3.58. The Morgan fingerprint density at radius 2 is 1.78 bits per heavy atom. The molecule has 1 fully saturated rings. The molecule has 1 heterocycles. The SMILES string of the molecule is COC1CCC2(CC1)NC(=O)C(c1c(Cl)cc(OC(F)(F)F)cc1Cl)=C2O. The summed E-state index contributed by atoms with van der Waals surface area (Å²) in [5.74, 6) is -1.41. The highest BCUT2D eigenvalue weighted by Crippen LogP contribution is 2.45. The van der Waals surface area contributed by atoms with E-state index in [2.05, 4.69) is 10.1 Å². The lowest BCUT2D eigenvalue weighted by Crippen LogP contribution is -2.48. The minimum atomic E-state index is -4.91. The summed E-state index contributed by atoms with van der Waals surface area (Å²) in [6.45, 7) is 0. The van der Waals surface area contributed by atoms with Crippen LogP contribution < -0.4 is 10.1 Å². The molecule has 148 valence electrons. The van der Waals surface area contributed by atoms with Gasteiger partial charge in [-0.05, 0) is 37.8 Å². The third kappa shape index (κ3) is 3.83. The molecule has 0 bridgehead atoms. The highest BCUT2D eigenvalue weighted by Gasteiger charge is 2.48. The number of methoxy groups -OCH3 is 1. The van der Waals surface area contributed by atoms with E-state index in [0.717, 1.165) is 12.1 Å². The molecule has 2 N–H and O–H groups in total. The molecule has 0 unspecified atom stereocenters. The molecule has 0 radical (unpaired) electrons. The maximum atomic E-state index is 12.5. The van der Waals surface area contributed by atoms with Crippen molar-refractivity contribution in [3.05, 3.63) is 33.5 Å². The van der Waals surface area contributed by atoms with Crippen LogP contribution >= 0.6 is 23.2 Å². The van der Waals surface area contributed by atoms with Gasteiger partial charge in [0.05, 0.1) is 27.3 Å². The summed E-state index contributed by atoms with van der Waals surface area (Å²) >= 11 is 12.1.